The molecule has 0 spiro atoms. The topological polar surface area (TPSA) is 27.8 Å². The summed E-state index contributed by atoms with van der Waals surface area (Å²) < 4.78 is 13.2. The van der Waals surface area contributed by atoms with Gasteiger partial charge < -0.3 is 10.3 Å². The molecule has 0 fully saturated rings. The fourth-order valence-electron chi connectivity index (χ4n) is 1.27. The van der Waals surface area contributed by atoms with Crippen LogP contribution >= 0.6 is 0 Å². The Hall–Kier alpha value is -1.77. The van der Waals surface area contributed by atoms with Gasteiger partial charge in [-0.25, -0.2) is 4.39 Å². The maximum Gasteiger partial charge on any atom is 0.128 e. The number of anilines is 1. The summed E-state index contributed by atoms with van der Waals surface area (Å²) in [6.07, 6.45) is 3.66. The quantitative estimate of drug-likeness (QED) is 0.765. The Labute approximate surface area is 81.8 Å². The Morgan fingerprint density at radius 3 is 2.79 bits per heavy atom. The molecule has 2 rings (SSSR count). The highest BCUT2D eigenvalue weighted by Crippen LogP contribution is 2.10. The summed E-state index contributed by atoms with van der Waals surface area (Å²) in [5.41, 5.74) is 1.64. The largest absolute Gasteiger partial charge is 0.380 e. The van der Waals surface area contributed by atoms with Crippen LogP contribution < -0.4 is 5.32 Å². The standard InChI is InChI=1S/C11H11FN2/c12-11-4-2-1-3-9(11)7-14-10-5-6-13-8-10/h1-6,8,13-14H,7H2. The number of hydrogen-bond acceptors (Lipinski definition) is 1. The second kappa shape index (κ2) is 3.96. The third-order valence-corrected chi connectivity index (χ3v) is 2.04. The minimum absolute atomic E-state index is 0.171. The number of H-pyrrole nitrogens is 1. The average Bonchev–Trinajstić information content (AvgIpc) is 2.69. The molecule has 0 unspecified atom stereocenters. The first-order valence-corrected chi connectivity index (χ1v) is 4.46. The summed E-state index contributed by atoms with van der Waals surface area (Å²) in [6, 6.07) is 8.66. The summed E-state index contributed by atoms with van der Waals surface area (Å²) in [4.78, 5) is 2.92. The van der Waals surface area contributed by atoms with Crippen molar-refractivity contribution in [1.29, 1.82) is 0 Å². The molecule has 2 nitrogen and oxygen atoms in total. The van der Waals surface area contributed by atoms with E-state index in [0.29, 0.717) is 12.1 Å². The molecule has 2 aromatic rings. The lowest BCUT2D eigenvalue weighted by Crippen LogP contribution is -2.00. The SMILES string of the molecule is Fc1ccccc1CNc1cc[nH]c1. The summed E-state index contributed by atoms with van der Waals surface area (Å²) >= 11 is 0. The van der Waals surface area contributed by atoms with Gasteiger partial charge in [-0.15, -0.1) is 0 Å². The summed E-state index contributed by atoms with van der Waals surface area (Å²) in [5.74, 6) is -0.171. The van der Waals surface area contributed by atoms with E-state index in [-0.39, 0.29) is 5.82 Å². The van der Waals surface area contributed by atoms with Crippen LogP contribution in [0.15, 0.2) is 42.7 Å². The fourth-order valence-corrected chi connectivity index (χ4v) is 1.27. The Bertz CT molecular complexity index is 395. The molecule has 2 N–H and O–H groups in total. The van der Waals surface area contributed by atoms with Crippen molar-refractivity contribution in [1.82, 2.24) is 4.98 Å². The zero-order chi connectivity index (χ0) is 9.80. The van der Waals surface area contributed by atoms with E-state index in [4.69, 9.17) is 0 Å². The molecule has 0 bridgehead atoms. The van der Waals surface area contributed by atoms with E-state index in [9.17, 15) is 4.39 Å². The molecule has 14 heavy (non-hydrogen) atoms. The van der Waals surface area contributed by atoms with E-state index < -0.39 is 0 Å². The number of hydrogen-bond donors (Lipinski definition) is 2. The lowest BCUT2D eigenvalue weighted by molar-refractivity contribution is 0.613. The Kier molecular flexibility index (Phi) is 2.49. The molecule has 0 aliphatic carbocycles. The fraction of sp³-hybridized carbons (Fsp3) is 0.0909. The van der Waals surface area contributed by atoms with Crippen LogP contribution in [-0.2, 0) is 6.54 Å². The Morgan fingerprint density at radius 1 is 1.21 bits per heavy atom. The molecule has 0 saturated carbocycles. The van der Waals surface area contributed by atoms with E-state index in [2.05, 4.69) is 10.3 Å². The van der Waals surface area contributed by atoms with Crippen molar-refractivity contribution < 1.29 is 4.39 Å². The molecule has 1 heterocycles. The minimum Gasteiger partial charge on any atom is -0.380 e. The lowest BCUT2D eigenvalue weighted by Gasteiger charge is -2.04. The Balaban J connectivity index is 2.02. The second-order valence-corrected chi connectivity index (χ2v) is 3.04. The average molecular weight is 190 g/mol. The van der Waals surface area contributed by atoms with Crippen LogP contribution in [0.4, 0.5) is 10.1 Å². The zero-order valence-electron chi connectivity index (χ0n) is 7.63. The van der Waals surface area contributed by atoms with Crippen LogP contribution in [0.25, 0.3) is 0 Å². The molecule has 0 aliphatic rings. The molecule has 1 aromatic carbocycles. The molecule has 0 amide bonds. The van der Waals surface area contributed by atoms with E-state index in [0.717, 1.165) is 5.69 Å². The van der Waals surface area contributed by atoms with Crippen LogP contribution in [0, 0.1) is 5.82 Å². The molecular formula is C11H11FN2. The van der Waals surface area contributed by atoms with Gasteiger partial charge in [0.2, 0.25) is 0 Å². The molecular weight excluding hydrogens is 179 g/mol. The van der Waals surface area contributed by atoms with E-state index in [1.165, 1.54) is 6.07 Å². The van der Waals surface area contributed by atoms with Gasteiger partial charge in [0.15, 0.2) is 0 Å². The van der Waals surface area contributed by atoms with Crippen LogP contribution in [0.1, 0.15) is 5.56 Å². The van der Waals surface area contributed by atoms with E-state index in [1.807, 2.05) is 24.5 Å². The van der Waals surface area contributed by atoms with Crippen molar-refractivity contribution in [3.63, 3.8) is 0 Å². The number of aromatic amines is 1. The van der Waals surface area contributed by atoms with Crippen molar-refractivity contribution in [3.8, 4) is 0 Å². The minimum atomic E-state index is -0.171. The number of halogens is 1. The van der Waals surface area contributed by atoms with Crippen LogP contribution in [-0.4, -0.2) is 4.98 Å². The number of aromatic nitrogens is 1. The van der Waals surface area contributed by atoms with E-state index in [1.54, 1.807) is 12.1 Å². The van der Waals surface area contributed by atoms with Crippen LogP contribution in [0.2, 0.25) is 0 Å². The van der Waals surface area contributed by atoms with Gasteiger partial charge in [-0.3, -0.25) is 0 Å². The van der Waals surface area contributed by atoms with Crippen LogP contribution in [0.5, 0.6) is 0 Å². The van der Waals surface area contributed by atoms with Gasteiger partial charge >= 0.3 is 0 Å². The Morgan fingerprint density at radius 2 is 2.07 bits per heavy atom. The maximum absolute atomic E-state index is 13.2. The summed E-state index contributed by atoms with van der Waals surface area (Å²) in [6.45, 7) is 0.504. The van der Waals surface area contributed by atoms with E-state index >= 15 is 0 Å². The highest BCUT2D eigenvalue weighted by Gasteiger charge is 1.99. The summed E-state index contributed by atoms with van der Waals surface area (Å²) in [5, 5.41) is 3.11. The van der Waals surface area contributed by atoms with Gasteiger partial charge in [0.1, 0.15) is 5.82 Å². The highest BCUT2D eigenvalue weighted by atomic mass is 19.1. The summed E-state index contributed by atoms with van der Waals surface area (Å²) in [7, 11) is 0. The monoisotopic (exact) mass is 190 g/mol. The number of nitrogens with one attached hydrogen (secondary N) is 2. The second-order valence-electron chi connectivity index (χ2n) is 3.04. The van der Waals surface area contributed by atoms with Gasteiger partial charge in [-0.2, -0.15) is 0 Å². The maximum atomic E-state index is 13.2. The van der Waals surface area contributed by atoms with Gasteiger partial charge in [-0.05, 0) is 12.1 Å². The van der Waals surface area contributed by atoms with Gasteiger partial charge in [-0.1, -0.05) is 18.2 Å². The number of rotatable bonds is 3. The van der Waals surface area contributed by atoms with Gasteiger partial charge in [0.25, 0.3) is 0 Å². The molecule has 0 aliphatic heterocycles. The first-order chi connectivity index (χ1) is 6.86. The van der Waals surface area contributed by atoms with Crippen molar-refractivity contribution >= 4 is 5.69 Å². The van der Waals surface area contributed by atoms with Gasteiger partial charge in [0.05, 0.1) is 5.69 Å². The smallest absolute Gasteiger partial charge is 0.128 e. The predicted octanol–water partition coefficient (Wildman–Crippen LogP) is 2.77. The normalized spacial score (nSPS) is 10.1. The number of benzene rings is 1. The lowest BCUT2D eigenvalue weighted by atomic mass is 10.2. The molecule has 0 radical (unpaired) electrons. The third kappa shape index (κ3) is 1.93. The predicted molar refractivity (Wildman–Crippen MR) is 54.5 cm³/mol. The molecule has 0 saturated heterocycles. The van der Waals surface area contributed by atoms with Gasteiger partial charge in [0, 0.05) is 24.5 Å². The first kappa shape index (κ1) is 8.81. The first-order valence-electron chi connectivity index (χ1n) is 4.46. The zero-order valence-corrected chi connectivity index (χ0v) is 7.63. The molecule has 3 heteroatoms. The molecule has 1 aromatic heterocycles. The van der Waals surface area contributed by atoms with Crippen molar-refractivity contribution in [2.24, 2.45) is 0 Å². The van der Waals surface area contributed by atoms with Crippen molar-refractivity contribution in [3.05, 3.63) is 54.1 Å². The molecule has 0 atom stereocenters. The van der Waals surface area contributed by atoms with Crippen LogP contribution in [0.3, 0.4) is 0 Å². The highest BCUT2D eigenvalue weighted by molar-refractivity contribution is 5.41. The van der Waals surface area contributed by atoms with Crippen molar-refractivity contribution in [2.75, 3.05) is 5.32 Å². The van der Waals surface area contributed by atoms with Crippen molar-refractivity contribution in [2.45, 2.75) is 6.54 Å². The molecule has 72 valence electrons. The third-order valence-electron chi connectivity index (χ3n) is 2.04.